The molecule has 0 N–H and O–H groups in total. The Morgan fingerprint density at radius 1 is 0.600 bits per heavy atom. The Morgan fingerprint density at radius 3 is 1.73 bits per heavy atom. The van der Waals surface area contributed by atoms with Gasteiger partial charge in [-0.15, -0.1) is 0 Å². The van der Waals surface area contributed by atoms with Crippen LogP contribution in [0.15, 0.2) is 91.0 Å². The molecule has 0 fully saturated rings. The van der Waals surface area contributed by atoms with Crippen molar-refractivity contribution in [2.75, 3.05) is 7.11 Å². The molecule has 0 atom stereocenters. The molecule has 0 saturated heterocycles. The van der Waals surface area contributed by atoms with Gasteiger partial charge in [0.15, 0.2) is 11.6 Å². The number of carbonyl (C=O) groups excluding carboxylic acids is 2. The molecule has 0 heterocycles. The lowest BCUT2D eigenvalue weighted by molar-refractivity contribution is 0.100. The van der Waals surface area contributed by atoms with Crippen molar-refractivity contribution in [3.05, 3.63) is 102 Å². The summed E-state index contributed by atoms with van der Waals surface area (Å²) in [5.74, 6) is 1.03. The van der Waals surface area contributed by atoms with E-state index in [1.807, 2.05) is 78.9 Å². The van der Waals surface area contributed by atoms with Crippen LogP contribution in [-0.4, -0.2) is 18.7 Å². The first-order chi connectivity index (χ1) is 14.5. The Balaban J connectivity index is 0.000000171. The molecule has 0 radical (unpaired) electrons. The molecule has 0 aromatic heterocycles. The molecule has 4 rings (SSSR count). The fourth-order valence-corrected chi connectivity index (χ4v) is 3.10. The van der Waals surface area contributed by atoms with Gasteiger partial charge >= 0.3 is 0 Å². The molecular weight excluding hydrogens is 372 g/mol. The Kier molecular flexibility index (Phi) is 6.76. The highest BCUT2D eigenvalue weighted by Gasteiger charge is 2.02. The van der Waals surface area contributed by atoms with Crippen LogP contribution in [0.5, 0.6) is 5.75 Å². The monoisotopic (exact) mass is 396 g/mol. The van der Waals surface area contributed by atoms with E-state index in [9.17, 15) is 9.59 Å². The minimum absolute atomic E-state index is 0.0905. The first kappa shape index (κ1) is 21.0. The molecule has 0 saturated carbocycles. The van der Waals surface area contributed by atoms with Gasteiger partial charge in [0.1, 0.15) is 5.75 Å². The molecule has 0 aliphatic rings. The number of rotatable bonds is 4. The van der Waals surface area contributed by atoms with Gasteiger partial charge in [0.2, 0.25) is 0 Å². The molecule has 30 heavy (non-hydrogen) atoms. The highest BCUT2D eigenvalue weighted by Crippen LogP contribution is 2.22. The van der Waals surface area contributed by atoms with Gasteiger partial charge in [0, 0.05) is 11.1 Å². The molecule has 0 bridgehead atoms. The number of carbonyl (C=O) groups is 2. The number of hydrogen-bond acceptors (Lipinski definition) is 3. The molecule has 0 aliphatic carbocycles. The lowest BCUT2D eigenvalue weighted by Gasteiger charge is -2.03. The van der Waals surface area contributed by atoms with E-state index in [1.54, 1.807) is 21.0 Å². The van der Waals surface area contributed by atoms with E-state index in [1.165, 1.54) is 5.56 Å². The van der Waals surface area contributed by atoms with Gasteiger partial charge in [0.25, 0.3) is 0 Å². The van der Waals surface area contributed by atoms with Crippen molar-refractivity contribution in [3.8, 4) is 16.9 Å². The third kappa shape index (κ3) is 5.21. The molecule has 150 valence electrons. The van der Waals surface area contributed by atoms with Crippen LogP contribution in [0.4, 0.5) is 0 Å². The van der Waals surface area contributed by atoms with E-state index in [-0.39, 0.29) is 11.6 Å². The minimum Gasteiger partial charge on any atom is -0.497 e. The molecule has 0 aliphatic heterocycles. The first-order valence-corrected chi connectivity index (χ1v) is 9.73. The fourth-order valence-electron chi connectivity index (χ4n) is 3.10. The second kappa shape index (κ2) is 9.66. The van der Waals surface area contributed by atoms with Gasteiger partial charge < -0.3 is 4.74 Å². The predicted octanol–water partition coefficient (Wildman–Crippen LogP) is 6.61. The summed E-state index contributed by atoms with van der Waals surface area (Å²) in [5, 5.41) is 2.14. The van der Waals surface area contributed by atoms with Gasteiger partial charge in [-0.05, 0) is 53.9 Å². The second-order valence-electron chi connectivity index (χ2n) is 6.98. The van der Waals surface area contributed by atoms with Gasteiger partial charge in [0.05, 0.1) is 7.11 Å². The molecule has 0 spiro atoms. The van der Waals surface area contributed by atoms with E-state index in [4.69, 9.17) is 4.74 Å². The van der Waals surface area contributed by atoms with E-state index < -0.39 is 0 Å². The highest BCUT2D eigenvalue weighted by molar-refractivity contribution is 5.98. The topological polar surface area (TPSA) is 43.4 Å². The summed E-state index contributed by atoms with van der Waals surface area (Å²) in [6, 6.07) is 29.3. The maximum absolute atomic E-state index is 11.2. The van der Waals surface area contributed by atoms with Gasteiger partial charge in [-0.25, -0.2) is 0 Å². The van der Waals surface area contributed by atoms with Crippen LogP contribution < -0.4 is 4.74 Å². The summed E-state index contributed by atoms with van der Waals surface area (Å²) in [6.45, 7) is 3.15. The molecule has 3 nitrogen and oxygen atoms in total. The Morgan fingerprint density at radius 2 is 1.13 bits per heavy atom. The maximum Gasteiger partial charge on any atom is 0.159 e. The summed E-state index contributed by atoms with van der Waals surface area (Å²) in [7, 11) is 1.64. The van der Waals surface area contributed by atoms with E-state index in [0.29, 0.717) is 0 Å². The number of Topliss-reactive ketones (excluding diaryl/α,β-unsaturated/α-hetero) is 2. The van der Waals surface area contributed by atoms with Crippen LogP contribution in [0.25, 0.3) is 21.9 Å². The van der Waals surface area contributed by atoms with Gasteiger partial charge in [-0.1, -0.05) is 72.8 Å². The van der Waals surface area contributed by atoms with Gasteiger partial charge in [-0.2, -0.15) is 0 Å². The quantitative estimate of drug-likeness (QED) is 0.365. The summed E-state index contributed by atoms with van der Waals surface area (Å²) >= 11 is 0. The van der Waals surface area contributed by atoms with E-state index in [0.717, 1.165) is 33.2 Å². The van der Waals surface area contributed by atoms with Gasteiger partial charge in [-0.3, -0.25) is 9.59 Å². The van der Waals surface area contributed by atoms with Crippen LogP contribution in [0.2, 0.25) is 0 Å². The predicted molar refractivity (Wildman–Crippen MR) is 122 cm³/mol. The van der Waals surface area contributed by atoms with Crippen molar-refractivity contribution >= 4 is 22.3 Å². The zero-order chi connectivity index (χ0) is 21.5. The van der Waals surface area contributed by atoms with Crippen molar-refractivity contribution in [2.45, 2.75) is 13.8 Å². The maximum atomic E-state index is 11.2. The minimum atomic E-state index is 0.0905. The zero-order valence-corrected chi connectivity index (χ0v) is 17.4. The standard InChI is InChI=1S/C14H12O.C13H12O2/c1-11(15)12-7-9-14(10-8-12)13-5-3-2-4-6-13;1-9(14)10-3-4-12-8-13(15-2)6-5-11(12)7-10/h2-10H,1H3;3-8H,1-2H3. The Bertz CT molecular complexity index is 1160. The number of methoxy groups -OCH3 is 1. The van der Waals surface area contributed by atoms with Crippen LogP contribution in [0.1, 0.15) is 34.6 Å². The average molecular weight is 396 g/mol. The van der Waals surface area contributed by atoms with Crippen molar-refractivity contribution in [1.29, 1.82) is 0 Å². The smallest absolute Gasteiger partial charge is 0.159 e. The molecule has 4 aromatic carbocycles. The van der Waals surface area contributed by atoms with Crippen molar-refractivity contribution in [2.24, 2.45) is 0 Å². The molecule has 0 amide bonds. The van der Waals surface area contributed by atoms with Crippen LogP contribution in [0, 0.1) is 0 Å². The number of ether oxygens (including phenoxy) is 1. The normalized spacial score (nSPS) is 10.1. The highest BCUT2D eigenvalue weighted by atomic mass is 16.5. The number of fused-ring (bicyclic) bond motifs is 1. The summed E-state index contributed by atoms with van der Waals surface area (Å²) < 4.78 is 5.13. The third-order valence-corrected chi connectivity index (χ3v) is 4.85. The Labute approximate surface area is 176 Å². The largest absolute Gasteiger partial charge is 0.497 e. The first-order valence-electron chi connectivity index (χ1n) is 9.73. The summed E-state index contributed by atoms with van der Waals surface area (Å²) in [6.07, 6.45) is 0. The third-order valence-electron chi connectivity index (χ3n) is 4.85. The number of hydrogen-bond donors (Lipinski definition) is 0. The SMILES string of the molecule is CC(=O)c1ccc(-c2ccccc2)cc1.COc1ccc2cc(C(C)=O)ccc2c1. The van der Waals surface area contributed by atoms with Crippen LogP contribution in [0.3, 0.4) is 0 Å². The molecule has 4 aromatic rings. The molecular formula is C27H24O3. The Hall–Kier alpha value is -3.72. The van der Waals surface area contributed by atoms with Crippen molar-refractivity contribution in [1.82, 2.24) is 0 Å². The van der Waals surface area contributed by atoms with E-state index >= 15 is 0 Å². The fraction of sp³-hybridized carbons (Fsp3) is 0.111. The van der Waals surface area contributed by atoms with Crippen molar-refractivity contribution in [3.63, 3.8) is 0 Å². The van der Waals surface area contributed by atoms with Crippen LogP contribution >= 0.6 is 0 Å². The molecule has 0 unspecified atom stereocenters. The van der Waals surface area contributed by atoms with Crippen molar-refractivity contribution < 1.29 is 14.3 Å². The summed E-state index contributed by atoms with van der Waals surface area (Å²) in [5.41, 5.74) is 3.82. The second-order valence-corrected chi connectivity index (χ2v) is 6.98. The lowest BCUT2D eigenvalue weighted by Crippen LogP contribution is -1.91. The average Bonchev–Trinajstić information content (AvgIpc) is 2.79. The lowest BCUT2D eigenvalue weighted by atomic mass is 10.0. The number of ketones is 2. The summed E-state index contributed by atoms with van der Waals surface area (Å²) in [4.78, 5) is 22.3. The zero-order valence-electron chi connectivity index (χ0n) is 17.4. The molecule has 3 heteroatoms. The van der Waals surface area contributed by atoms with Crippen LogP contribution in [-0.2, 0) is 0 Å². The number of benzene rings is 4. The van der Waals surface area contributed by atoms with E-state index in [2.05, 4.69) is 12.1 Å².